The molecule has 6 N–H and O–H groups in total. The van der Waals surface area contributed by atoms with Crippen molar-refractivity contribution < 1.29 is 18.3 Å². The minimum atomic E-state index is -3.91. The Morgan fingerprint density at radius 1 is 1.29 bits per heavy atom. The highest BCUT2D eigenvalue weighted by Gasteiger charge is 2.36. The highest BCUT2D eigenvalue weighted by molar-refractivity contribution is 7.87. The molecule has 34 heavy (non-hydrogen) atoms. The third-order valence-electron chi connectivity index (χ3n) is 5.79. The Balaban J connectivity index is 1.52. The van der Waals surface area contributed by atoms with E-state index in [-0.39, 0.29) is 13.0 Å². The summed E-state index contributed by atoms with van der Waals surface area (Å²) in [6.07, 6.45) is 1.17. The van der Waals surface area contributed by atoms with Gasteiger partial charge in [-0.1, -0.05) is 24.3 Å². The lowest BCUT2D eigenvalue weighted by Crippen LogP contribution is -2.40. The predicted molar refractivity (Wildman–Crippen MR) is 129 cm³/mol. The molecular weight excluding hydrogens is 478 g/mol. The maximum Gasteiger partial charge on any atom is 0.274 e. The molecule has 4 aromatic rings. The van der Waals surface area contributed by atoms with Crippen molar-refractivity contribution in [2.24, 2.45) is 5.14 Å². The van der Waals surface area contributed by atoms with Crippen molar-refractivity contribution in [3.63, 3.8) is 0 Å². The summed E-state index contributed by atoms with van der Waals surface area (Å²) in [5, 5.41) is 18.9. The van der Waals surface area contributed by atoms with Crippen molar-refractivity contribution in [2.45, 2.75) is 31.8 Å². The number of anilines is 1. The fraction of sp³-hybridized carbons (Fsp3) is 0.286. The van der Waals surface area contributed by atoms with Crippen LogP contribution in [-0.4, -0.2) is 51.8 Å². The van der Waals surface area contributed by atoms with E-state index in [9.17, 15) is 13.5 Å². The number of thiazole rings is 1. The van der Waals surface area contributed by atoms with Crippen LogP contribution in [0.2, 0.25) is 0 Å². The lowest BCUT2D eigenvalue weighted by atomic mass is 10.1. The van der Waals surface area contributed by atoms with Gasteiger partial charge in [-0.15, -0.1) is 11.3 Å². The van der Waals surface area contributed by atoms with E-state index < -0.39 is 28.6 Å². The molecule has 3 aromatic heterocycles. The first-order valence-electron chi connectivity index (χ1n) is 10.4. The normalized spacial score (nSPS) is 20.9. The number of nitrogens with one attached hydrogen (secondary N) is 1. The quantitative estimate of drug-likeness (QED) is 0.308. The lowest BCUT2D eigenvalue weighted by molar-refractivity contribution is -0.0130. The molecule has 0 spiro atoms. The zero-order valence-corrected chi connectivity index (χ0v) is 19.8. The molecule has 13 heteroatoms. The molecule has 0 radical (unpaired) electrons. The van der Waals surface area contributed by atoms with Gasteiger partial charge in [-0.2, -0.15) is 13.1 Å². The molecule has 1 fully saturated rings. The Hall–Kier alpha value is -2.94. The van der Waals surface area contributed by atoms with Crippen LogP contribution in [0.25, 0.3) is 32.9 Å². The van der Waals surface area contributed by atoms with Crippen LogP contribution < -0.4 is 15.6 Å². The summed E-state index contributed by atoms with van der Waals surface area (Å²) in [5.41, 5.74) is 10.4. The number of nitrogens with zero attached hydrogens (tertiary/aromatic N) is 4. The number of aliphatic hydroxyl groups excluding tert-OH is 1. The minimum absolute atomic E-state index is 0.147. The molecular formula is C21H23N7O4S2. The van der Waals surface area contributed by atoms with Gasteiger partial charge in [0.05, 0.1) is 23.3 Å². The first-order chi connectivity index (χ1) is 16.2. The van der Waals surface area contributed by atoms with E-state index in [0.717, 1.165) is 27.4 Å². The van der Waals surface area contributed by atoms with Crippen LogP contribution in [0.15, 0.2) is 42.2 Å². The summed E-state index contributed by atoms with van der Waals surface area (Å²) in [6.45, 7) is 1.89. The fourth-order valence-corrected chi connectivity index (χ4v) is 5.43. The molecule has 1 saturated heterocycles. The van der Waals surface area contributed by atoms with E-state index in [0.29, 0.717) is 16.9 Å². The molecule has 3 atom stereocenters. The SMILES string of the molecule is Cc1ccccc1-c1nc(-c2cn([C@H]3C[C@H](O)[C@@H](CNS(N)(=O)=O)O3)c3ncnc(N)c23)cs1. The highest BCUT2D eigenvalue weighted by atomic mass is 32.2. The number of rotatable bonds is 6. The molecule has 1 aliphatic rings. The van der Waals surface area contributed by atoms with E-state index in [1.165, 1.54) is 17.7 Å². The van der Waals surface area contributed by atoms with Crippen LogP contribution in [0.5, 0.6) is 0 Å². The minimum Gasteiger partial charge on any atom is -0.390 e. The molecule has 0 unspecified atom stereocenters. The van der Waals surface area contributed by atoms with Gasteiger partial charge in [0.1, 0.15) is 29.0 Å². The van der Waals surface area contributed by atoms with Crippen LogP contribution in [0.1, 0.15) is 18.2 Å². The van der Waals surface area contributed by atoms with Gasteiger partial charge in [-0.25, -0.2) is 20.1 Å². The number of ether oxygens (including phenoxy) is 1. The zero-order valence-electron chi connectivity index (χ0n) is 18.1. The summed E-state index contributed by atoms with van der Waals surface area (Å²) >= 11 is 1.53. The summed E-state index contributed by atoms with van der Waals surface area (Å²) in [6, 6.07) is 8.03. The van der Waals surface area contributed by atoms with Crippen LogP contribution in [0.3, 0.4) is 0 Å². The highest BCUT2D eigenvalue weighted by Crippen LogP contribution is 2.39. The Labute approximate surface area is 199 Å². The average molecular weight is 502 g/mol. The van der Waals surface area contributed by atoms with Crippen LogP contribution >= 0.6 is 11.3 Å². The molecule has 0 saturated carbocycles. The fourth-order valence-electron chi connectivity index (χ4n) is 4.12. The van der Waals surface area contributed by atoms with Gasteiger partial charge in [-0.05, 0) is 12.5 Å². The number of hydrogen-bond donors (Lipinski definition) is 4. The number of aliphatic hydroxyl groups is 1. The Kier molecular flexibility index (Phi) is 5.83. The summed E-state index contributed by atoms with van der Waals surface area (Å²) in [7, 11) is -3.91. The number of hydrogen-bond acceptors (Lipinski definition) is 9. The van der Waals surface area contributed by atoms with E-state index in [4.69, 9.17) is 20.6 Å². The first kappa shape index (κ1) is 22.8. The van der Waals surface area contributed by atoms with E-state index in [1.807, 2.05) is 42.8 Å². The number of nitrogen functional groups attached to an aromatic ring is 1. The molecule has 4 heterocycles. The first-order valence-corrected chi connectivity index (χ1v) is 12.9. The molecule has 0 aliphatic carbocycles. The molecule has 1 aliphatic heterocycles. The van der Waals surface area contributed by atoms with Crippen molar-refractivity contribution in [3.05, 3.63) is 47.7 Å². The second-order valence-electron chi connectivity index (χ2n) is 8.09. The van der Waals surface area contributed by atoms with Gasteiger partial charge >= 0.3 is 0 Å². The average Bonchev–Trinajstić information content (AvgIpc) is 3.49. The Bertz CT molecular complexity index is 1470. The monoisotopic (exact) mass is 501 g/mol. The van der Waals surface area contributed by atoms with Crippen molar-refractivity contribution in [2.75, 3.05) is 12.3 Å². The number of benzene rings is 1. The van der Waals surface area contributed by atoms with Crippen LogP contribution in [-0.2, 0) is 14.9 Å². The summed E-state index contributed by atoms with van der Waals surface area (Å²) in [5.74, 6) is 0.301. The third kappa shape index (κ3) is 4.29. The molecule has 0 amide bonds. The zero-order chi connectivity index (χ0) is 24.0. The molecule has 5 rings (SSSR count). The lowest BCUT2D eigenvalue weighted by Gasteiger charge is -2.16. The van der Waals surface area contributed by atoms with Crippen molar-refractivity contribution in [1.82, 2.24) is 24.2 Å². The largest absolute Gasteiger partial charge is 0.390 e. The molecule has 1 aromatic carbocycles. The second-order valence-corrected chi connectivity index (χ2v) is 10.3. The van der Waals surface area contributed by atoms with Crippen LogP contribution in [0, 0.1) is 6.92 Å². The van der Waals surface area contributed by atoms with Gasteiger partial charge in [0.2, 0.25) is 0 Å². The van der Waals surface area contributed by atoms with E-state index in [2.05, 4.69) is 14.7 Å². The van der Waals surface area contributed by atoms with E-state index in [1.54, 1.807) is 4.57 Å². The Morgan fingerprint density at radius 3 is 2.85 bits per heavy atom. The van der Waals surface area contributed by atoms with Gasteiger partial charge in [0.15, 0.2) is 0 Å². The van der Waals surface area contributed by atoms with Crippen molar-refractivity contribution in [1.29, 1.82) is 0 Å². The maximum atomic E-state index is 11.2. The number of fused-ring (bicyclic) bond motifs is 1. The maximum absolute atomic E-state index is 11.2. The van der Waals surface area contributed by atoms with E-state index >= 15 is 0 Å². The molecule has 178 valence electrons. The number of aryl methyl sites for hydroxylation is 1. The Morgan fingerprint density at radius 2 is 2.09 bits per heavy atom. The third-order valence-corrected chi connectivity index (χ3v) is 7.24. The summed E-state index contributed by atoms with van der Waals surface area (Å²) < 4.78 is 32.4. The van der Waals surface area contributed by atoms with Crippen molar-refractivity contribution in [3.8, 4) is 21.8 Å². The van der Waals surface area contributed by atoms with Gasteiger partial charge in [-0.3, -0.25) is 0 Å². The molecule has 11 nitrogen and oxygen atoms in total. The molecule has 0 bridgehead atoms. The number of nitrogens with two attached hydrogens (primary N) is 2. The second kappa shape index (κ2) is 8.69. The van der Waals surface area contributed by atoms with Gasteiger partial charge in [0, 0.05) is 35.7 Å². The van der Waals surface area contributed by atoms with Gasteiger partial charge < -0.3 is 20.1 Å². The smallest absolute Gasteiger partial charge is 0.274 e. The van der Waals surface area contributed by atoms with Crippen LogP contribution in [0.4, 0.5) is 5.82 Å². The van der Waals surface area contributed by atoms with Gasteiger partial charge in [0.25, 0.3) is 10.2 Å². The standard InChI is InChI=1S/C21H23N7O4S2/c1-11-4-2-3-5-12(11)21-27-14(9-33-21)13-8-28(20-18(13)19(22)24-10-25-20)17-6-15(29)16(32-17)7-26-34(23,30)31/h2-5,8-10,15-17,26,29H,6-7H2,1H3,(H2,22,24,25)(H2,23,30,31)/t15-,16+,17+/m0/s1. The number of aromatic nitrogens is 4. The summed E-state index contributed by atoms with van der Waals surface area (Å²) in [4.78, 5) is 13.4. The topological polar surface area (TPSA) is 171 Å². The van der Waals surface area contributed by atoms with Crippen molar-refractivity contribution >= 4 is 38.4 Å². The predicted octanol–water partition coefficient (Wildman–Crippen LogP) is 1.55.